The van der Waals surface area contributed by atoms with E-state index in [0.717, 1.165) is 12.8 Å². The summed E-state index contributed by atoms with van der Waals surface area (Å²) in [6.45, 7) is 1.18. The molecule has 1 fully saturated rings. The molecule has 0 bridgehead atoms. The highest BCUT2D eigenvalue weighted by Crippen LogP contribution is 2.48. The number of rotatable bonds is 7. The lowest BCUT2D eigenvalue weighted by molar-refractivity contribution is -0.139. The van der Waals surface area contributed by atoms with Gasteiger partial charge in [0.2, 0.25) is 0 Å². The minimum absolute atomic E-state index is 0.0821. The Morgan fingerprint density at radius 1 is 1.46 bits per heavy atom. The van der Waals surface area contributed by atoms with Crippen LogP contribution in [0.4, 0.5) is 0 Å². The minimum atomic E-state index is -0.747. The van der Waals surface area contributed by atoms with E-state index in [4.69, 9.17) is 14.9 Å². The highest BCUT2D eigenvalue weighted by Gasteiger charge is 2.44. The normalized spacial score (nSPS) is 18.5. The third-order valence-corrected chi connectivity index (χ3v) is 2.34. The number of aliphatic hydroxyl groups is 1. The molecule has 13 heavy (non-hydrogen) atoms. The number of ether oxygens (including phenoxy) is 1. The molecule has 0 spiro atoms. The van der Waals surface area contributed by atoms with Crippen LogP contribution in [0.1, 0.15) is 25.7 Å². The summed E-state index contributed by atoms with van der Waals surface area (Å²) in [5.41, 5.74) is -0.0821. The van der Waals surface area contributed by atoms with Crippen LogP contribution in [0.3, 0.4) is 0 Å². The summed E-state index contributed by atoms with van der Waals surface area (Å²) in [5.74, 6) is -0.747. The van der Waals surface area contributed by atoms with Gasteiger partial charge in [0.05, 0.1) is 13.0 Å². The second-order valence-electron chi connectivity index (χ2n) is 3.70. The summed E-state index contributed by atoms with van der Waals surface area (Å²) < 4.78 is 5.28. The third kappa shape index (κ3) is 3.74. The zero-order valence-electron chi connectivity index (χ0n) is 7.66. The number of hydrogen-bond donors (Lipinski definition) is 2. The van der Waals surface area contributed by atoms with Gasteiger partial charge in [0.15, 0.2) is 0 Å². The van der Waals surface area contributed by atoms with Crippen molar-refractivity contribution >= 4 is 5.97 Å². The van der Waals surface area contributed by atoms with Gasteiger partial charge >= 0.3 is 5.97 Å². The SMILES string of the molecule is O=C(O)CC1(COCCCO)CC1. The molecule has 0 radical (unpaired) electrons. The van der Waals surface area contributed by atoms with Crippen molar-refractivity contribution in [3.05, 3.63) is 0 Å². The summed E-state index contributed by atoms with van der Waals surface area (Å²) >= 11 is 0. The Morgan fingerprint density at radius 3 is 2.62 bits per heavy atom. The van der Waals surface area contributed by atoms with Crippen molar-refractivity contribution in [2.75, 3.05) is 19.8 Å². The maximum atomic E-state index is 10.4. The minimum Gasteiger partial charge on any atom is -0.481 e. The molecule has 0 unspecified atom stereocenters. The van der Waals surface area contributed by atoms with E-state index >= 15 is 0 Å². The smallest absolute Gasteiger partial charge is 0.303 e. The average molecular weight is 188 g/mol. The fourth-order valence-electron chi connectivity index (χ4n) is 1.33. The second-order valence-corrected chi connectivity index (χ2v) is 3.70. The monoisotopic (exact) mass is 188 g/mol. The average Bonchev–Trinajstić information content (AvgIpc) is 2.78. The van der Waals surface area contributed by atoms with Gasteiger partial charge in [-0.3, -0.25) is 4.79 Å². The first-order chi connectivity index (χ1) is 6.18. The summed E-state index contributed by atoms with van der Waals surface area (Å²) in [4.78, 5) is 10.4. The quantitative estimate of drug-likeness (QED) is 0.575. The molecule has 1 saturated carbocycles. The highest BCUT2D eigenvalue weighted by atomic mass is 16.5. The molecule has 2 N–H and O–H groups in total. The van der Waals surface area contributed by atoms with Crippen LogP contribution >= 0.6 is 0 Å². The fraction of sp³-hybridized carbons (Fsp3) is 0.889. The van der Waals surface area contributed by atoms with Crippen LogP contribution in [0.5, 0.6) is 0 Å². The van der Waals surface area contributed by atoms with Crippen LogP contribution < -0.4 is 0 Å². The van der Waals surface area contributed by atoms with Crippen LogP contribution in [0.15, 0.2) is 0 Å². The molecule has 1 aliphatic carbocycles. The zero-order valence-corrected chi connectivity index (χ0v) is 7.66. The van der Waals surface area contributed by atoms with Crippen molar-refractivity contribution in [3.8, 4) is 0 Å². The van der Waals surface area contributed by atoms with Gasteiger partial charge in [-0.2, -0.15) is 0 Å². The number of carbonyl (C=O) groups is 1. The van der Waals surface area contributed by atoms with Gasteiger partial charge in [0, 0.05) is 18.6 Å². The van der Waals surface area contributed by atoms with Gasteiger partial charge in [-0.05, 0) is 19.3 Å². The topological polar surface area (TPSA) is 66.8 Å². The summed E-state index contributed by atoms with van der Waals surface area (Å²) in [7, 11) is 0. The molecule has 4 heteroatoms. The molecule has 0 heterocycles. The molecule has 0 atom stereocenters. The number of carboxylic acid groups (broad SMARTS) is 1. The summed E-state index contributed by atoms with van der Waals surface area (Å²) in [6, 6.07) is 0. The van der Waals surface area contributed by atoms with Crippen molar-refractivity contribution in [1.82, 2.24) is 0 Å². The maximum Gasteiger partial charge on any atom is 0.303 e. The van der Waals surface area contributed by atoms with Crippen molar-refractivity contribution in [3.63, 3.8) is 0 Å². The molecule has 4 nitrogen and oxygen atoms in total. The largest absolute Gasteiger partial charge is 0.481 e. The lowest BCUT2D eigenvalue weighted by Crippen LogP contribution is -2.16. The van der Waals surface area contributed by atoms with Gasteiger partial charge in [0.1, 0.15) is 0 Å². The van der Waals surface area contributed by atoms with E-state index < -0.39 is 5.97 Å². The van der Waals surface area contributed by atoms with Crippen LogP contribution in [-0.2, 0) is 9.53 Å². The standard InChI is InChI=1S/C9H16O4/c10-4-1-5-13-7-9(2-3-9)6-8(11)12/h10H,1-7H2,(H,11,12). The Balaban J connectivity index is 2.09. The Kier molecular flexibility index (Phi) is 3.69. The Hall–Kier alpha value is -0.610. The maximum absolute atomic E-state index is 10.4. The number of carboxylic acids is 1. The van der Waals surface area contributed by atoms with Crippen LogP contribution in [-0.4, -0.2) is 36.0 Å². The molecule has 0 aromatic carbocycles. The first kappa shape index (κ1) is 10.5. The molecule has 0 aliphatic heterocycles. The van der Waals surface area contributed by atoms with Crippen molar-refractivity contribution in [1.29, 1.82) is 0 Å². The summed E-state index contributed by atoms with van der Waals surface area (Å²) in [6.07, 6.45) is 2.76. The third-order valence-electron chi connectivity index (χ3n) is 2.34. The lowest BCUT2D eigenvalue weighted by Gasteiger charge is -2.12. The number of aliphatic hydroxyl groups excluding tert-OH is 1. The van der Waals surface area contributed by atoms with Crippen molar-refractivity contribution in [2.24, 2.45) is 5.41 Å². The van der Waals surface area contributed by atoms with E-state index in [1.807, 2.05) is 0 Å². The van der Waals surface area contributed by atoms with E-state index in [1.54, 1.807) is 0 Å². The molecule has 0 saturated heterocycles. The number of aliphatic carboxylic acids is 1. The van der Waals surface area contributed by atoms with E-state index in [1.165, 1.54) is 0 Å². The molecule has 76 valence electrons. The Bertz CT molecular complexity index is 174. The molecule has 0 amide bonds. The second kappa shape index (κ2) is 4.58. The Labute approximate surface area is 77.5 Å². The zero-order chi connectivity index (χ0) is 9.73. The van der Waals surface area contributed by atoms with Gasteiger partial charge in [0.25, 0.3) is 0 Å². The van der Waals surface area contributed by atoms with Gasteiger partial charge in [-0.15, -0.1) is 0 Å². The van der Waals surface area contributed by atoms with Crippen molar-refractivity contribution in [2.45, 2.75) is 25.7 Å². The first-order valence-electron chi connectivity index (χ1n) is 4.59. The van der Waals surface area contributed by atoms with Gasteiger partial charge in [-0.1, -0.05) is 0 Å². The van der Waals surface area contributed by atoms with Gasteiger partial charge in [-0.25, -0.2) is 0 Å². The van der Waals surface area contributed by atoms with Crippen LogP contribution in [0, 0.1) is 5.41 Å². The van der Waals surface area contributed by atoms with E-state index in [9.17, 15) is 4.79 Å². The predicted octanol–water partition coefficient (Wildman–Crippen LogP) is 0.640. The summed E-state index contributed by atoms with van der Waals surface area (Å²) in [5, 5.41) is 17.1. The van der Waals surface area contributed by atoms with Crippen LogP contribution in [0.25, 0.3) is 0 Å². The van der Waals surface area contributed by atoms with E-state index in [2.05, 4.69) is 0 Å². The molecule has 1 aliphatic rings. The fourth-order valence-corrected chi connectivity index (χ4v) is 1.33. The van der Waals surface area contributed by atoms with E-state index in [-0.39, 0.29) is 18.4 Å². The first-order valence-corrected chi connectivity index (χ1v) is 4.59. The van der Waals surface area contributed by atoms with Gasteiger partial charge < -0.3 is 14.9 Å². The molecular weight excluding hydrogens is 172 g/mol. The van der Waals surface area contributed by atoms with Crippen molar-refractivity contribution < 1.29 is 19.7 Å². The number of hydrogen-bond acceptors (Lipinski definition) is 3. The van der Waals surface area contributed by atoms with Crippen LogP contribution in [0.2, 0.25) is 0 Å². The molecule has 1 rings (SSSR count). The van der Waals surface area contributed by atoms with E-state index in [0.29, 0.717) is 19.6 Å². The Morgan fingerprint density at radius 2 is 2.15 bits per heavy atom. The molecular formula is C9H16O4. The lowest BCUT2D eigenvalue weighted by atomic mass is 10.0. The molecule has 0 aromatic heterocycles. The highest BCUT2D eigenvalue weighted by molar-refractivity contribution is 5.68. The molecule has 0 aromatic rings. The predicted molar refractivity (Wildman–Crippen MR) is 46.4 cm³/mol.